The maximum atomic E-state index is 9.59. The van der Waals surface area contributed by atoms with Gasteiger partial charge in [0.25, 0.3) is 0 Å². The maximum Gasteiger partial charge on any atom is 0.302 e. The summed E-state index contributed by atoms with van der Waals surface area (Å²) < 4.78 is 4.11. The van der Waals surface area contributed by atoms with Gasteiger partial charge in [-0.15, -0.1) is 0 Å². The molecule has 1 saturated heterocycles. The van der Waals surface area contributed by atoms with Crippen molar-refractivity contribution in [2.75, 3.05) is 20.2 Å². The van der Waals surface area contributed by atoms with Gasteiger partial charge in [0.05, 0.1) is 7.11 Å². The van der Waals surface area contributed by atoms with Crippen molar-refractivity contribution in [3.8, 4) is 0 Å². The summed E-state index contributed by atoms with van der Waals surface area (Å²) in [6.45, 7) is 3.64. The zero-order chi connectivity index (χ0) is 8.53. The van der Waals surface area contributed by atoms with E-state index in [0.29, 0.717) is 0 Å². The van der Waals surface area contributed by atoms with Gasteiger partial charge in [-0.3, -0.25) is 15.6 Å². The van der Waals surface area contributed by atoms with Crippen molar-refractivity contribution in [2.24, 2.45) is 0 Å². The standard InChI is InChI=1S/C4H10N2.C3H6O2/c1-2-4-6-5-3-1;1-3(4)5-2/h5-6H,1-4H2;1-2H3. The molecule has 0 amide bonds. The van der Waals surface area contributed by atoms with Gasteiger partial charge in [-0.05, 0) is 12.8 Å². The number of methoxy groups -OCH3 is 1. The third-order valence-corrected chi connectivity index (χ3v) is 1.27. The summed E-state index contributed by atoms with van der Waals surface area (Å²) in [7, 11) is 1.35. The first-order chi connectivity index (χ1) is 5.27. The van der Waals surface area contributed by atoms with E-state index in [9.17, 15) is 4.79 Å². The molecule has 0 aliphatic carbocycles. The Labute approximate surface area is 67.3 Å². The predicted molar refractivity (Wildman–Crippen MR) is 42.9 cm³/mol. The molecule has 0 aromatic carbocycles. The Morgan fingerprint density at radius 1 is 1.27 bits per heavy atom. The number of rotatable bonds is 0. The molecular formula is C7H16N2O2. The normalized spacial score (nSPS) is 16.2. The Hall–Kier alpha value is -0.610. The molecule has 2 N–H and O–H groups in total. The van der Waals surface area contributed by atoms with Crippen LogP contribution in [0.5, 0.6) is 0 Å². The zero-order valence-electron chi connectivity index (χ0n) is 7.14. The number of nitrogens with one attached hydrogen (secondary N) is 2. The average molecular weight is 160 g/mol. The molecule has 1 aliphatic rings. The fraction of sp³-hybridized carbons (Fsp3) is 0.857. The summed E-state index contributed by atoms with van der Waals surface area (Å²) in [4.78, 5) is 9.59. The van der Waals surface area contributed by atoms with Crippen LogP contribution in [0.15, 0.2) is 0 Å². The molecule has 0 unspecified atom stereocenters. The van der Waals surface area contributed by atoms with Crippen LogP contribution in [0.4, 0.5) is 0 Å². The van der Waals surface area contributed by atoms with Crippen molar-refractivity contribution >= 4 is 5.97 Å². The second-order valence-corrected chi connectivity index (χ2v) is 2.26. The molecule has 66 valence electrons. The molecule has 1 heterocycles. The molecule has 0 radical (unpaired) electrons. The number of carbonyl (C=O) groups is 1. The highest BCUT2D eigenvalue weighted by Gasteiger charge is 1.92. The molecule has 4 heteroatoms. The lowest BCUT2D eigenvalue weighted by atomic mass is 10.3. The second-order valence-electron chi connectivity index (χ2n) is 2.26. The van der Waals surface area contributed by atoms with Crippen molar-refractivity contribution in [3.63, 3.8) is 0 Å². The highest BCUT2D eigenvalue weighted by Crippen LogP contribution is 1.85. The predicted octanol–water partition coefficient (Wildman–Crippen LogP) is 0.0537. The number of hydrazine groups is 1. The number of ether oxygens (including phenoxy) is 1. The number of esters is 1. The first-order valence-corrected chi connectivity index (χ1v) is 3.77. The summed E-state index contributed by atoms with van der Waals surface area (Å²) >= 11 is 0. The minimum Gasteiger partial charge on any atom is -0.469 e. The molecule has 0 aromatic rings. The summed E-state index contributed by atoms with van der Waals surface area (Å²) in [6, 6.07) is 0. The van der Waals surface area contributed by atoms with Crippen LogP contribution in [-0.4, -0.2) is 26.2 Å². The molecule has 1 aliphatic heterocycles. The van der Waals surface area contributed by atoms with Crippen molar-refractivity contribution in [1.29, 1.82) is 0 Å². The van der Waals surface area contributed by atoms with Crippen LogP contribution in [-0.2, 0) is 9.53 Å². The largest absolute Gasteiger partial charge is 0.469 e. The van der Waals surface area contributed by atoms with Crippen molar-refractivity contribution in [2.45, 2.75) is 19.8 Å². The van der Waals surface area contributed by atoms with Crippen LogP contribution in [0.1, 0.15) is 19.8 Å². The van der Waals surface area contributed by atoms with E-state index in [1.54, 1.807) is 0 Å². The fourth-order valence-electron chi connectivity index (χ4n) is 0.604. The van der Waals surface area contributed by atoms with Crippen LogP contribution in [0, 0.1) is 0 Å². The summed E-state index contributed by atoms with van der Waals surface area (Å²) in [5.41, 5.74) is 6.07. The highest BCUT2D eigenvalue weighted by atomic mass is 16.5. The molecule has 0 spiro atoms. The van der Waals surface area contributed by atoms with Crippen LogP contribution in [0.2, 0.25) is 0 Å². The van der Waals surface area contributed by atoms with Gasteiger partial charge in [0, 0.05) is 20.0 Å². The fourth-order valence-corrected chi connectivity index (χ4v) is 0.604. The van der Waals surface area contributed by atoms with Gasteiger partial charge >= 0.3 is 5.97 Å². The SMILES string of the molecule is C1CCNNC1.COC(C)=O. The van der Waals surface area contributed by atoms with Gasteiger partial charge in [0.1, 0.15) is 0 Å². The average Bonchev–Trinajstić information content (AvgIpc) is 2.09. The van der Waals surface area contributed by atoms with Gasteiger partial charge in [0.15, 0.2) is 0 Å². The minimum absolute atomic E-state index is 0.245. The van der Waals surface area contributed by atoms with Crippen molar-refractivity contribution in [3.05, 3.63) is 0 Å². The number of hydrogen-bond acceptors (Lipinski definition) is 4. The van der Waals surface area contributed by atoms with E-state index in [-0.39, 0.29) is 5.97 Å². The summed E-state index contributed by atoms with van der Waals surface area (Å²) in [5, 5.41) is 0. The first kappa shape index (κ1) is 10.4. The Morgan fingerprint density at radius 2 is 1.64 bits per heavy atom. The maximum absolute atomic E-state index is 9.59. The van der Waals surface area contributed by atoms with Crippen LogP contribution in [0.3, 0.4) is 0 Å². The third kappa shape index (κ3) is 9.39. The van der Waals surface area contributed by atoms with E-state index in [1.807, 2.05) is 0 Å². The highest BCUT2D eigenvalue weighted by molar-refractivity contribution is 5.65. The molecular weight excluding hydrogens is 144 g/mol. The lowest BCUT2D eigenvalue weighted by molar-refractivity contribution is -0.137. The number of carbonyl (C=O) groups excluding carboxylic acids is 1. The van der Waals surface area contributed by atoms with Gasteiger partial charge in [-0.1, -0.05) is 0 Å². The van der Waals surface area contributed by atoms with E-state index < -0.39 is 0 Å². The molecule has 11 heavy (non-hydrogen) atoms. The molecule has 0 aromatic heterocycles. The van der Waals surface area contributed by atoms with Crippen LogP contribution < -0.4 is 10.9 Å². The molecule has 1 rings (SSSR count). The van der Waals surface area contributed by atoms with E-state index >= 15 is 0 Å². The van der Waals surface area contributed by atoms with E-state index in [2.05, 4.69) is 15.6 Å². The van der Waals surface area contributed by atoms with Crippen LogP contribution >= 0.6 is 0 Å². The summed E-state index contributed by atoms with van der Waals surface area (Å²) in [6.07, 6.45) is 2.65. The van der Waals surface area contributed by atoms with Gasteiger partial charge in [-0.2, -0.15) is 0 Å². The first-order valence-electron chi connectivity index (χ1n) is 3.77. The lowest BCUT2D eigenvalue weighted by Gasteiger charge is -2.10. The summed E-state index contributed by atoms with van der Waals surface area (Å²) in [5.74, 6) is -0.245. The number of hydrogen-bond donors (Lipinski definition) is 2. The Kier molecular flexibility index (Phi) is 7.08. The smallest absolute Gasteiger partial charge is 0.302 e. The van der Waals surface area contributed by atoms with E-state index in [0.717, 1.165) is 13.1 Å². The quantitative estimate of drug-likeness (QED) is 0.492. The Balaban J connectivity index is 0.000000187. The molecule has 4 nitrogen and oxygen atoms in total. The second kappa shape index (κ2) is 7.50. The third-order valence-electron chi connectivity index (χ3n) is 1.27. The zero-order valence-corrected chi connectivity index (χ0v) is 7.14. The molecule has 0 saturated carbocycles. The molecule has 0 atom stereocenters. The van der Waals surface area contributed by atoms with Crippen molar-refractivity contribution in [1.82, 2.24) is 10.9 Å². The monoisotopic (exact) mass is 160 g/mol. The van der Waals surface area contributed by atoms with E-state index in [1.165, 1.54) is 26.9 Å². The lowest BCUT2D eigenvalue weighted by Crippen LogP contribution is -2.37. The topological polar surface area (TPSA) is 50.4 Å². The van der Waals surface area contributed by atoms with Crippen LogP contribution in [0.25, 0.3) is 0 Å². The minimum atomic E-state index is -0.245. The van der Waals surface area contributed by atoms with Gasteiger partial charge in [0.2, 0.25) is 0 Å². The van der Waals surface area contributed by atoms with E-state index in [4.69, 9.17) is 0 Å². The van der Waals surface area contributed by atoms with Crippen molar-refractivity contribution < 1.29 is 9.53 Å². The van der Waals surface area contributed by atoms with Gasteiger partial charge < -0.3 is 4.74 Å². The molecule has 0 bridgehead atoms. The van der Waals surface area contributed by atoms with Gasteiger partial charge in [-0.25, -0.2) is 0 Å². The Morgan fingerprint density at radius 3 is 1.73 bits per heavy atom. The Bertz CT molecular complexity index is 91.1. The molecule has 1 fully saturated rings.